The first-order valence-corrected chi connectivity index (χ1v) is 10.7. The van der Waals surface area contributed by atoms with Crippen molar-refractivity contribution in [3.8, 4) is 0 Å². The molecule has 0 saturated heterocycles. The standard InChI is InChI=1S/C21H27FNO3P/c1-16(2)25-27(24,26-17(3)4)21(14-18-10-12-20(22)13-11-18)23-15-19-8-6-5-7-9-19/h5-13,15-17,21H,14H2,1-4H3. The molecule has 0 fully saturated rings. The Morgan fingerprint density at radius 2 is 1.52 bits per heavy atom. The van der Waals surface area contributed by atoms with Crippen molar-refractivity contribution in [3.05, 3.63) is 71.5 Å². The molecule has 0 heterocycles. The molecule has 1 unspecified atom stereocenters. The molecule has 0 saturated carbocycles. The van der Waals surface area contributed by atoms with E-state index in [9.17, 15) is 8.96 Å². The average Bonchev–Trinajstić information content (AvgIpc) is 2.59. The molecule has 0 N–H and O–H groups in total. The third kappa shape index (κ3) is 7.02. The summed E-state index contributed by atoms with van der Waals surface area (Å²) in [6.45, 7) is 7.25. The Bertz CT molecular complexity index is 762. The van der Waals surface area contributed by atoms with E-state index in [4.69, 9.17) is 9.05 Å². The Hall–Kier alpha value is -1.81. The van der Waals surface area contributed by atoms with E-state index in [1.54, 1.807) is 18.3 Å². The molecular weight excluding hydrogens is 364 g/mol. The van der Waals surface area contributed by atoms with E-state index in [0.717, 1.165) is 11.1 Å². The maximum absolute atomic E-state index is 13.6. The van der Waals surface area contributed by atoms with Gasteiger partial charge in [-0.2, -0.15) is 0 Å². The third-order valence-corrected chi connectivity index (χ3v) is 6.08. The number of nitrogens with zero attached hydrogens (tertiary/aromatic N) is 1. The van der Waals surface area contributed by atoms with E-state index in [1.165, 1.54) is 12.1 Å². The van der Waals surface area contributed by atoms with Crippen LogP contribution in [0, 0.1) is 5.82 Å². The Balaban J connectivity index is 2.37. The van der Waals surface area contributed by atoms with E-state index in [-0.39, 0.29) is 18.0 Å². The van der Waals surface area contributed by atoms with Crippen LogP contribution in [0.4, 0.5) is 4.39 Å². The Morgan fingerprint density at radius 1 is 0.963 bits per heavy atom. The first kappa shape index (κ1) is 21.5. The highest BCUT2D eigenvalue weighted by Crippen LogP contribution is 2.56. The molecule has 0 radical (unpaired) electrons. The number of aliphatic imine (C=N–C) groups is 1. The molecule has 0 spiro atoms. The van der Waals surface area contributed by atoms with Crippen molar-refractivity contribution in [2.45, 2.75) is 52.1 Å². The van der Waals surface area contributed by atoms with Crippen molar-refractivity contribution in [3.63, 3.8) is 0 Å². The molecule has 146 valence electrons. The van der Waals surface area contributed by atoms with Crippen molar-refractivity contribution in [1.82, 2.24) is 0 Å². The lowest BCUT2D eigenvalue weighted by atomic mass is 10.1. The van der Waals surface area contributed by atoms with Gasteiger partial charge in [-0.05, 0) is 51.0 Å². The highest BCUT2D eigenvalue weighted by atomic mass is 31.2. The van der Waals surface area contributed by atoms with Crippen LogP contribution in [-0.2, 0) is 20.0 Å². The van der Waals surface area contributed by atoms with E-state index < -0.39 is 13.4 Å². The fourth-order valence-corrected chi connectivity index (χ4v) is 4.71. The first-order chi connectivity index (χ1) is 12.8. The van der Waals surface area contributed by atoms with Gasteiger partial charge in [0.1, 0.15) is 5.82 Å². The van der Waals surface area contributed by atoms with E-state index in [2.05, 4.69) is 4.99 Å². The first-order valence-electron chi connectivity index (χ1n) is 9.07. The summed E-state index contributed by atoms with van der Waals surface area (Å²) in [5.74, 6) is -1.05. The predicted molar refractivity (Wildman–Crippen MR) is 108 cm³/mol. The van der Waals surface area contributed by atoms with Gasteiger partial charge in [0.15, 0.2) is 5.78 Å². The molecule has 2 aromatic carbocycles. The van der Waals surface area contributed by atoms with Gasteiger partial charge >= 0.3 is 7.60 Å². The van der Waals surface area contributed by atoms with Crippen LogP contribution in [0.25, 0.3) is 0 Å². The summed E-state index contributed by atoms with van der Waals surface area (Å²) in [6.07, 6.45) is 1.43. The molecule has 0 aromatic heterocycles. The van der Waals surface area contributed by atoms with Gasteiger partial charge in [-0.3, -0.25) is 9.56 Å². The summed E-state index contributed by atoms with van der Waals surface area (Å²) >= 11 is 0. The molecule has 2 aromatic rings. The second-order valence-electron chi connectivity index (χ2n) is 6.85. The zero-order chi connectivity index (χ0) is 19.9. The molecular formula is C21H27FNO3P. The Morgan fingerprint density at radius 3 is 2.04 bits per heavy atom. The second kappa shape index (κ2) is 9.93. The maximum atomic E-state index is 13.6. The molecule has 2 rings (SSSR count). The lowest BCUT2D eigenvalue weighted by molar-refractivity contribution is 0.136. The summed E-state index contributed by atoms with van der Waals surface area (Å²) in [5, 5.41) is 0. The summed E-state index contributed by atoms with van der Waals surface area (Å²) in [5.41, 5.74) is 1.70. The monoisotopic (exact) mass is 391 g/mol. The van der Waals surface area contributed by atoms with Crippen LogP contribution in [0.15, 0.2) is 59.6 Å². The summed E-state index contributed by atoms with van der Waals surface area (Å²) in [7, 11) is -3.55. The Labute approximate surface area is 161 Å². The second-order valence-corrected chi connectivity index (χ2v) is 8.95. The van der Waals surface area contributed by atoms with Crippen LogP contribution in [0.5, 0.6) is 0 Å². The lowest BCUT2D eigenvalue weighted by Gasteiger charge is -2.27. The molecule has 0 bridgehead atoms. The van der Waals surface area contributed by atoms with Crippen LogP contribution in [0.3, 0.4) is 0 Å². The zero-order valence-electron chi connectivity index (χ0n) is 16.2. The van der Waals surface area contributed by atoms with Crippen molar-refractivity contribution in [2.75, 3.05) is 0 Å². The van der Waals surface area contributed by atoms with E-state index in [0.29, 0.717) is 6.42 Å². The average molecular weight is 391 g/mol. The molecule has 0 aliphatic rings. The van der Waals surface area contributed by atoms with Crippen molar-refractivity contribution >= 4 is 13.8 Å². The van der Waals surface area contributed by atoms with Crippen LogP contribution < -0.4 is 0 Å². The van der Waals surface area contributed by atoms with Crippen LogP contribution in [0.2, 0.25) is 0 Å². The third-order valence-electron chi connectivity index (χ3n) is 3.61. The predicted octanol–water partition coefficient (Wildman–Crippen LogP) is 5.86. The topological polar surface area (TPSA) is 47.9 Å². The van der Waals surface area contributed by atoms with Crippen molar-refractivity contribution in [1.29, 1.82) is 0 Å². The van der Waals surface area contributed by atoms with Gasteiger partial charge in [-0.15, -0.1) is 0 Å². The number of hydrogen-bond donors (Lipinski definition) is 0. The summed E-state index contributed by atoms with van der Waals surface area (Å²) < 4.78 is 38.3. The van der Waals surface area contributed by atoms with Crippen LogP contribution in [0.1, 0.15) is 38.8 Å². The minimum atomic E-state index is -3.55. The minimum Gasteiger partial charge on any atom is -0.304 e. The summed E-state index contributed by atoms with van der Waals surface area (Å²) in [6, 6.07) is 15.6. The minimum absolute atomic E-state index is 0.280. The molecule has 6 heteroatoms. The van der Waals surface area contributed by atoms with Crippen LogP contribution >= 0.6 is 7.60 Å². The quantitative estimate of drug-likeness (QED) is 0.398. The largest absolute Gasteiger partial charge is 0.355 e. The SMILES string of the molecule is CC(C)OP(=O)(OC(C)C)C(Cc1ccc(F)cc1)N=Cc1ccccc1. The van der Waals surface area contributed by atoms with Gasteiger partial charge in [0.25, 0.3) is 0 Å². The van der Waals surface area contributed by atoms with Crippen molar-refractivity contribution < 1.29 is 18.0 Å². The number of benzene rings is 2. The highest BCUT2D eigenvalue weighted by molar-refractivity contribution is 7.54. The number of hydrogen-bond acceptors (Lipinski definition) is 4. The van der Waals surface area contributed by atoms with E-state index in [1.807, 2.05) is 58.0 Å². The highest BCUT2D eigenvalue weighted by Gasteiger charge is 2.37. The fraction of sp³-hybridized carbons (Fsp3) is 0.381. The summed E-state index contributed by atoms with van der Waals surface area (Å²) in [4.78, 5) is 4.56. The molecule has 0 aliphatic carbocycles. The van der Waals surface area contributed by atoms with Gasteiger partial charge in [0, 0.05) is 12.6 Å². The molecule has 27 heavy (non-hydrogen) atoms. The van der Waals surface area contributed by atoms with Crippen LogP contribution in [-0.4, -0.2) is 24.2 Å². The number of halogens is 1. The Kier molecular flexibility index (Phi) is 7.91. The molecule has 0 amide bonds. The normalized spacial score (nSPS) is 13.6. The van der Waals surface area contributed by atoms with Gasteiger partial charge in [0.2, 0.25) is 0 Å². The lowest BCUT2D eigenvalue weighted by Crippen LogP contribution is -2.19. The van der Waals surface area contributed by atoms with Gasteiger partial charge in [-0.1, -0.05) is 42.5 Å². The molecule has 4 nitrogen and oxygen atoms in total. The van der Waals surface area contributed by atoms with Gasteiger partial charge in [0.05, 0.1) is 12.2 Å². The smallest absolute Gasteiger partial charge is 0.304 e. The van der Waals surface area contributed by atoms with E-state index >= 15 is 0 Å². The fourth-order valence-electron chi connectivity index (χ4n) is 2.54. The molecule has 1 atom stereocenters. The van der Waals surface area contributed by atoms with Gasteiger partial charge in [-0.25, -0.2) is 4.39 Å². The van der Waals surface area contributed by atoms with Gasteiger partial charge < -0.3 is 9.05 Å². The number of rotatable bonds is 9. The maximum Gasteiger partial charge on any atom is 0.355 e. The van der Waals surface area contributed by atoms with Crippen molar-refractivity contribution in [2.24, 2.45) is 4.99 Å². The molecule has 0 aliphatic heterocycles. The zero-order valence-corrected chi connectivity index (χ0v) is 17.1.